The number of aromatic nitrogens is 5. The van der Waals surface area contributed by atoms with Crippen LogP contribution in [0.15, 0.2) is 85.3 Å². The van der Waals surface area contributed by atoms with Crippen LogP contribution in [0.2, 0.25) is 0 Å². The van der Waals surface area contributed by atoms with Crippen molar-refractivity contribution in [3.8, 4) is 23.1 Å². The maximum absolute atomic E-state index is 12.8. The molecule has 0 spiro atoms. The predicted octanol–water partition coefficient (Wildman–Crippen LogP) is 3.31. The number of amides is 2. The number of imidazole rings is 1. The Bertz CT molecular complexity index is 1750. The van der Waals surface area contributed by atoms with E-state index in [1.807, 2.05) is 36.4 Å². The highest BCUT2D eigenvalue weighted by Crippen LogP contribution is 2.20. The Morgan fingerprint density at radius 2 is 1.73 bits per heavy atom. The van der Waals surface area contributed by atoms with Crippen molar-refractivity contribution in [1.29, 1.82) is 0 Å². The number of morpholine rings is 1. The van der Waals surface area contributed by atoms with Crippen LogP contribution < -0.4 is 5.32 Å². The molecule has 6 rings (SSSR count). The summed E-state index contributed by atoms with van der Waals surface area (Å²) in [6, 6.07) is 19.7. The molecule has 1 aliphatic heterocycles. The molecular weight excluding hydrogens is 506 g/mol. The third-order valence-electron chi connectivity index (χ3n) is 6.32. The number of ether oxygens (including phenoxy) is 1. The van der Waals surface area contributed by atoms with Crippen molar-refractivity contribution in [1.82, 2.24) is 29.5 Å². The minimum Gasteiger partial charge on any atom is -0.378 e. The summed E-state index contributed by atoms with van der Waals surface area (Å²) < 4.78 is 7.02. The molecule has 0 bridgehead atoms. The summed E-state index contributed by atoms with van der Waals surface area (Å²) >= 11 is 0. The number of nitrogens with one attached hydrogen (secondary N) is 1. The lowest BCUT2D eigenvalue weighted by atomic mass is 10.1. The van der Waals surface area contributed by atoms with E-state index in [1.54, 1.807) is 58.3 Å². The second kappa shape index (κ2) is 11.1. The van der Waals surface area contributed by atoms with Gasteiger partial charge in [0, 0.05) is 42.2 Å². The summed E-state index contributed by atoms with van der Waals surface area (Å²) in [5, 5.41) is 7.47. The molecule has 0 atom stereocenters. The summed E-state index contributed by atoms with van der Waals surface area (Å²) in [5.74, 6) is 6.23. The van der Waals surface area contributed by atoms with Crippen LogP contribution in [0, 0.1) is 11.8 Å². The van der Waals surface area contributed by atoms with Crippen LogP contribution in [0.4, 0.5) is 5.82 Å². The number of carbonyl (C=O) groups excluding carboxylic acids is 2. The third kappa shape index (κ3) is 5.41. The molecule has 10 heteroatoms. The fourth-order valence-corrected chi connectivity index (χ4v) is 4.24. The predicted molar refractivity (Wildman–Crippen MR) is 148 cm³/mol. The normalized spacial score (nSPS) is 12.9. The minimum atomic E-state index is -0.352. The van der Waals surface area contributed by atoms with E-state index >= 15 is 0 Å². The SMILES string of the molecule is O=C(Nc1cc(C#Cc2cnc3ccc(-c4ccc(C(=O)N5CCOCC5)cc4)nn23)ccn1)c1ccccn1. The lowest BCUT2D eigenvalue weighted by molar-refractivity contribution is 0.0303. The molecule has 0 aliphatic carbocycles. The number of hydrogen-bond donors (Lipinski definition) is 1. The Kier molecular flexibility index (Phi) is 6.94. The fourth-order valence-electron chi connectivity index (χ4n) is 4.24. The highest BCUT2D eigenvalue weighted by molar-refractivity contribution is 6.02. The third-order valence-corrected chi connectivity index (χ3v) is 6.32. The number of fused-ring (bicyclic) bond motifs is 1. The second-order valence-corrected chi connectivity index (χ2v) is 8.96. The Labute approximate surface area is 229 Å². The van der Waals surface area contributed by atoms with Crippen LogP contribution in [-0.2, 0) is 4.74 Å². The van der Waals surface area contributed by atoms with Gasteiger partial charge in [0.25, 0.3) is 11.8 Å². The number of anilines is 1. The van der Waals surface area contributed by atoms with Crippen LogP contribution >= 0.6 is 0 Å². The lowest BCUT2D eigenvalue weighted by Gasteiger charge is -2.26. The van der Waals surface area contributed by atoms with Gasteiger partial charge in [-0.2, -0.15) is 5.10 Å². The number of benzene rings is 1. The monoisotopic (exact) mass is 529 g/mol. The van der Waals surface area contributed by atoms with Crippen molar-refractivity contribution in [2.75, 3.05) is 31.6 Å². The number of rotatable bonds is 4. The van der Waals surface area contributed by atoms with Gasteiger partial charge in [0.15, 0.2) is 5.65 Å². The number of hydrogen-bond acceptors (Lipinski definition) is 7. The molecule has 0 unspecified atom stereocenters. The van der Waals surface area contributed by atoms with E-state index in [0.717, 1.165) is 11.3 Å². The maximum Gasteiger partial charge on any atom is 0.275 e. The number of pyridine rings is 2. The first-order chi connectivity index (χ1) is 19.6. The van der Waals surface area contributed by atoms with Crippen molar-refractivity contribution < 1.29 is 14.3 Å². The molecule has 5 aromatic rings. The van der Waals surface area contributed by atoms with Gasteiger partial charge in [0.2, 0.25) is 0 Å². The molecular formula is C30H23N7O3. The molecule has 1 saturated heterocycles. The van der Waals surface area contributed by atoms with Gasteiger partial charge in [-0.3, -0.25) is 14.6 Å². The van der Waals surface area contributed by atoms with E-state index < -0.39 is 0 Å². The summed E-state index contributed by atoms with van der Waals surface area (Å²) in [7, 11) is 0. The van der Waals surface area contributed by atoms with Crippen LogP contribution in [0.5, 0.6) is 0 Å². The molecule has 4 aromatic heterocycles. The summed E-state index contributed by atoms with van der Waals surface area (Å²) in [5.41, 5.74) is 4.45. The molecule has 1 aromatic carbocycles. The molecule has 2 amide bonds. The van der Waals surface area contributed by atoms with Gasteiger partial charge in [0.05, 0.1) is 25.1 Å². The zero-order valence-corrected chi connectivity index (χ0v) is 21.3. The van der Waals surface area contributed by atoms with E-state index in [0.29, 0.717) is 60.3 Å². The number of nitrogens with zero attached hydrogens (tertiary/aromatic N) is 6. The van der Waals surface area contributed by atoms with Gasteiger partial charge < -0.3 is 15.0 Å². The molecule has 40 heavy (non-hydrogen) atoms. The van der Waals surface area contributed by atoms with E-state index in [4.69, 9.17) is 9.84 Å². The van der Waals surface area contributed by atoms with Crippen molar-refractivity contribution in [3.05, 3.63) is 108 Å². The molecule has 1 N–H and O–H groups in total. The standard InChI is InChI=1S/C30H23N7O3/c38-29(26-3-1-2-13-31-26)34-27-19-21(12-14-32-27)4-9-24-20-33-28-11-10-25(35-37(24)28)22-5-7-23(8-6-22)30(39)36-15-17-40-18-16-36/h1-3,5-8,10-14,19-20H,15-18H2,(H,32,34,38). The summed E-state index contributed by atoms with van der Waals surface area (Å²) in [6.45, 7) is 2.33. The highest BCUT2D eigenvalue weighted by atomic mass is 16.5. The molecule has 1 fully saturated rings. The smallest absolute Gasteiger partial charge is 0.275 e. The van der Waals surface area contributed by atoms with Crippen LogP contribution in [0.3, 0.4) is 0 Å². The first kappa shape index (κ1) is 24.9. The van der Waals surface area contributed by atoms with Crippen molar-refractivity contribution in [3.63, 3.8) is 0 Å². The Morgan fingerprint density at radius 1 is 0.875 bits per heavy atom. The van der Waals surface area contributed by atoms with Crippen molar-refractivity contribution >= 4 is 23.3 Å². The molecule has 0 radical (unpaired) electrons. The molecule has 5 heterocycles. The van der Waals surface area contributed by atoms with Gasteiger partial charge in [-0.1, -0.05) is 24.1 Å². The van der Waals surface area contributed by atoms with Crippen LogP contribution in [0.25, 0.3) is 16.9 Å². The minimum absolute atomic E-state index is 0.000925. The zero-order valence-electron chi connectivity index (χ0n) is 21.3. The van der Waals surface area contributed by atoms with Crippen LogP contribution in [0.1, 0.15) is 32.1 Å². The fraction of sp³-hybridized carbons (Fsp3) is 0.133. The Morgan fingerprint density at radius 3 is 2.52 bits per heavy atom. The zero-order chi connectivity index (χ0) is 27.3. The average molecular weight is 530 g/mol. The Hall–Kier alpha value is -5.40. The molecule has 0 saturated carbocycles. The molecule has 1 aliphatic rings. The van der Waals surface area contributed by atoms with Crippen molar-refractivity contribution in [2.24, 2.45) is 0 Å². The first-order valence-corrected chi connectivity index (χ1v) is 12.7. The highest BCUT2D eigenvalue weighted by Gasteiger charge is 2.18. The summed E-state index contributed by atoms with van der Waals surface area (Å²) in [6.07, 6.45) is 4.80. The van der Waals surface area contributed by atoms with Gasteiger partial charge in [-0.15, -0.1) is 0 Å². The summed E-state index contributed by atoms with van der Waals surface area (Å²) in [4.78, 5) is 39.6. The van der Waals surface area contributed by atoms with Gasteiger partial charge in [-0.25, -0.2) is 14.5 Å². The van der Waals surface area contributed by atoms with Crippen LogP contribution in [-0.4, -0.2) is 67.6 Å². The van der Waals surface area contributed by atoms with E-state index in [9.17, 15) is 9.59 Å². The van der Waals surface area contributed by atoms with E-state index in [2.05, 4.69) is 32.1 Å². The van der Waals surface area contributed by atoms with Crippen molar-refractivity contribution in [2.45, 2.75) is 0 Å². The van der Waals surface area contributed by atoms with E-state index in [1.165, 1.54) is 0 Å². The quantitative estimate of drug-likeness (QED) is 0.355. The largest absolute Gasteiger partial charge is 0.378 e. The Balaban J connectivity index is 1.20. The topological polar surface area (TPSA) is 115 Å². The molecule has 10 nitrogen and oxygen atoms in total. The molecule has 196 valence electrons. The van der Waals surface area contributed by atoms with E-state index in [-0.39, 0.29) is 11.8 Å². The first-order valence-electron chi connectivity index (χ1n) is 12.7. The van der Waals surface area contributed by atoms with Gasteiger partial charge in [-0.05, 0) is 54.5 Å². The second-order valence-electron chi connectivity index (χ2n) is 8.96. The van der Waals surface area contributed by atoms with Gasteiger partial charge in [0.1, 0.15) is 17.2 Å². The average Bonchev–Trinajstić information content (AvgIpc) is 3.43. The maximum atomic E-state index is 12.8. The van der Waals surface area contributed by atoms with Gasteiger partial charge >= 0.3 is 0 Å². The lowest BCUT2D eigenvalue weighted by Crippen LogP contribution is -2.40. The number of carbonyl (C=O) groups is 2.